The first-order valence-electron chi connectivity index (χ1n) is 6.13. The van der Waals surface area contributed by atoms with Crippen LogP contribution < -0.4 is 5.32 Å². The molecular formula is C15H12ClF4N. The standard InChI is InChI=1S/C15H12ClF4N/c1-21-8-11-3-2-9(6-13(11)16)10-4-5-12(14(17)7-10)15(18,19)20/h2-7,21H,8H2,1H3. The Balaban J connectivity index is 2.39. The SMILES string of the molecule is CNCc1ccc(-c2ccc(C(F)(F)F)c(F)c2)cc1Cl. The van der Waals surface area contributed by atoms with Crippen molar-refractivity contribution in [1.82, 2.24) is 5.32 Å². The van der Waals surface area contributed by atoms with E-state index >= 15 is 0 Å². The Kier molecular flexibility index (Phi) is 4.54. The molecule has 0 radical (unpaired) electrons. The Morgan fingerprint density at radius 2 is 1.67 bits per heavy atom. The van der Waals surface area contributed by atoms with Crippen molar-refractivity contribution in [1.29, 1.82) is 0 Å². The molecule has 0 bridgehead atoms. The Morgan fingerprint density at radius 3 is 2.19 bits per heavy atom. The van der Waals surface area contributed by atoms with E-state index in [4.69, 9.17) is 11.6 Å². The van der Waals surface area contributed by atoms with Crippen molar-refractivity contribution in [3.05, 3.63) is 58.4 Å². The van der Waals surface area contributed by atoms with Crippen LogP contribution >= 0.6 is 11.6 Å². The first-order chi connectivity index (χ1) is 9.82. The van der Waals surface area contributed by atoms with E-state index in [1.54, 1.807) is 25.2 Å². The first-order valence-corrected chi connectivity index (χ1v) is 6.51. The summed E-state index contributed by atoms with van der Waals surface area (Å²) in [4.78, 5) is 0. The van der Waals surface area contributed by atoms with Gasteiger partial charge in [0.25, 0.3) is 0 Å². The van der Waals surface area contributed by atoms with Gasteiger partial charge in [0.1, 0.15) is 5.82 Å². The number of alkyl halides is 3. The van der Waals surface area contributed by atoms with Crippen LogP contribution in [0, 0.1) is 5.82 Å². The molecule has 0 saturated heterocycles. The molecule has 2 rings (SSSR count). The number of hydrogen-bond acceptors (Lipinski definition) is 1. The number of benzene rings is 2. The maximum absolute atomic E-state index is 13.6. The predicted octanol–water partition coefficient (Wildman–Crippen LogP) is 4.88. The molecule has 0 amide bonds. The number of rotatable bonds is 3. The van der Waals surface area contributed by atoms with Crippen LogP contribution in [-0.2, 0) is 12.7 Å². The average Bonchev–Trinajstić information content (AvgIpc) is 2.39. The number of halogens is 5. The minimum Gasteiger partial charge on any atom is -0.316 e. The van der Waals surface area contributed by atoms with E-state index in [0.717, 1.165) is 17.7 Å². The minimum absolute atomic E-state index is 0.346. The quantitative estimate of drug-likeness (QED) is 0.795. The van der Waals surface area contributed by atoms with Gasteiger partial charge in [-0.2, -0.15) is 13.2 Å². The molecule has 0 saturated carbocycles. The molecule has 0 aliphatic carbocycles. The summed E-state index contributed by atoms with van der Waals surface area (Å²) in [6, 6.07) is 7.89. The van der Waals surface area contributed by atoms with E-state index < -0.39 is 17.6 Å². The Hall–Kier alpha value is -1.59. The molecular weight excluding hydrogens is 306 g/mol. The van der Waals surface area contributed by atoms with E-state index in [-0.39, 0.29) is 0 Å². The summed E-state index contributed by atoms with van der Waals surface area (Å²) in [6.45, 7) is 0.570. The van der Waals surface area contributed by atoms with Crippen LogP contribution in [0.15, 0.2) is 36.4 Å². The van der Waals surface area contributed by atoms with Gasteiger partial charge in [0.2, 0.25) is 0 Å². The summed E-state index contributed by atoms with van der Waals surface area (Å²) in [6.07, 6.45) is -4.70. The van der Waals surface area contributed by atoms with Crippen LogP contribution in [0.25, 0.3) is 11.1 Å². The Labute approximate surface area is 124 Å². The molecule has 0 heterocycles. The zero-order valence-electron chi connectivity index (χ0n) is 11.1. The third-order valence-electron chi connectivity index (χ3n) is 3.03. The highest BCUT2D eigenvalue weighted by molar-refractivity contribution is 6.31. The molecule has 1 N–H and O–H groups in total. The highest BCUT2D eigenvalue weighted by Gasteiger charge is 2.33. The molecule has 2 aromatic rings. The topological polar surface area (TPSA) is 12.0 Å². The second kappa shape index (κ2) is 6.03. The predicted molar refractivity (Wildman–Crippen MR) is 74.6 cm³/mol. The lowest BCUT2D eigenvalue weighted by Gasteiger charge is -2.11. The molecule has 1 nitrogen and oxygen atoms in total. The molecule has 0 atom stereocenters. The van der Waals surface area contributed by atoms with Crippen LogP contribution in [0.4, 0.5) is 17.6 Å². The number of nitrogens with one attached hydrogen (secondary N) is 1. The zero-order chi connectivity index (χ0) is 15.6. The van der Waals surface area contributed by atoms with Crippen molar-refractivity contribution in [2.45, 2.75) is 12.7 Å². The fourth-order valence-corrected chi connectivity index (χ4v) is 2.23. The van der Waals surface area contributed by atoms with Crippen molar-refractivity contribution in [2.75, 3.05) is 7.05 Å². The van der Waals surface area contributed by atoms with Gasteiger partial charge in [-0.3, -0.25) is 0 Å². The second-order valence-electron chi connectivity index (χ2n) is 4.53. The van der Waals surface area contributed by atoms with E-state index in [1.807, 2.05) is 0 Å². The average molecular weight is 318 g/mol. The molecule has 0 unspecified atom stereocenters. The molecule has 0 fully saturated rings. The normalized spacial score (nSPS) is 11.7. The lowest BCUT2D eigenvalue weighted by atomic mass is 10.0. The van der Waals surface area contributed by atoms with Gasteiger partial charge in [0, 0.05) is 11.6 Å². The van der Waals surface area contributed by atoms with E-state index in [0.29, 0.717) is 22.7 Å². The van der Waals surface area contributed by atoms with Gasteiger partial charge >= 0.3 is 6.18 Å². The molecule has 21 heavy (non-hydrogen) atoms. The van der Waals surface area contributed by atoms with E-state index in [1.165, 1.54) is 6.07 Å². The van der Waals surface area contributed by atoms with Gasteiger partial charge < -0.3 is 5.32 Å². The maximum Gasteiger partial charge on any atom is 0.419 e. The fourth-order valence-electron chi connectivity index (χ4n) is 1.99. The highest BCUT2D eigenvalue weighted by Crippen LogP contribution is 2.34. The van der Waals surface area contributed by atoms with Gasteiger partial charge in [-0.1, -0.05) is 29.8 Å². The van der Waals surface area contributed by atoms with Crippen molar-refractivity contribution in [2.24, 2.45) is 0 Å². The Morgan fingerprint density at radius 1 is 1.05 bits per heavy atom. The molecule has 112 valence electrons. The van der Waals surface area contributed by atoms with Crippen LogP contribution in [0.2, 0.25) is 5.02 Å². The van der Waals surface area contributed by atoms with Gasteiger partial charge in [-0.05, 0) is 41.9 Å². The maximum atomic E-state index is 13.6. The van der Waals surface area contributed by atoms with Gasteiger partial charge in [0.05, 0.1) is 5.56 Å². The first kappa shape index (κ1) is 15.8. The van der Waals surface area contributed by atoms with Crippen LogP contribution in [-0.4, -0.2) is 7.05 Å². The van der Waals surface area contributed by atoms with Crippen LogP contribution in [0.1, 0.15) is 11.1 Å². The summed E-state index contributed by atoms with van der Waals surface area (Å²) in [7, 11) is 1.77. The third-order valence-corrected chi connectivity index (χ3v) is 3.38. The summed E-state index contributed by atoms with van der Waals surface area (Å²) >= 11 is 6.09. The smallest absolute Gasteiger partial charge is 0.316 e. The summed E-state index contributed by atoms with van der Waals surface area (Å²) in [5.74, 6) is -1.30. The zero-order valence-corrected chi connectivity index (χ0v) is 11.8. The lowest BCUT2D eigenvalue weighted by molar-refractivity contribution is -0.139. The van der Waals surface area contributed by atoms with Gasteiger partial charge in [-0.15, -0.1) is 0 Å². The lowest BCUT2D eigenvalue weighted by Crippen LogP contribution is -2.08. The largest absolute Gasteiger partial charge is 0.419 e. The Bertz CT molecular complexity index is 653. The summed E-state index contributed by atoms with van der Waals surface area (Å²) in [5, 5.41) is 3.42. The minimum atomic E-state index is -4.70. The van der Waals surface area contributed by atoms with Crippen molar-refractivity contribution in [3.63, 3.8) is 0 Å². The molecule has 0 aliphatic rings. The van der Waals surface area contributed by atoms with Gasteiger partial charge in [-0.25, -0.2) is 4.39 Å². The highest BCUT2D eigenvalue weighted by atomic mass is 35.5. The van der Waals surface area contributed by atoms with Crippen LogP contribution in [0.5, 0.6) is 0 Å². The monoisotopic (exact) mass is 317 g/mol. The fraction of sp³-hybridized carbons (Fsp3) is 0.200. The van der Waals surface area contributed by atoms with E-state index in [9.17, 15) is 17.6 Å². The van der Waals surface area contributed by atoms with E-state index in [2.05, 4.69) is 5.32 Å². The summed E-state index contributed by atoms with van der Waals surface area (Å²) in [5.41, 5.74) is 0.491. The molecule has 0 spiro atoms. The second-order valence-corrected chi connectivity index (χ2v) is 4.94. The molecule has 6 heteroatoms. The molecule has 0 aromatic heterocycles. The molecule has 2 aromatic carbocycles. The third kappa shape index (κ3) is 3.54. The number of hydrogen-bond donors (Lipinski definition) is 1. The van der Waals surface area contributed by atoms with Crippen molar-refractivity contribution in [3.8, 4) is 11.1 Å². The van der Waals surface area contributed by atoms with Crippen molar-refractivity contribution < 1.29 is 17.6 Å². The molecule has 0 aliphatic heterocycles. The van der Waals surface area contributed by atoms with Gasteiger partial charge in [0.15, 0.2) is 0 Å². The summed E-state index contributed by atoms with van der Waals surface area (Å²) < 4.78 is 51.1. The van der Waals surface area contributed by atoms with Crippen molar-refractivity contribution >= 4 is 11.6 Å². The van der Waals surface area contributed by atoms with Crippen LogP contribution in [0.3, 0.4) is 0 Å².